The van der Waals surface area contributed by atoms with Crippen molar-refractivity contribution in [2.75, 3.05) is 12.9 Å². The Hall–Kier alpha value is -2.18. The maximum atomic E-state index is 12.0. The molecule has 1 aromatic carbocycles. The maximum Gasteiger partial charge on any atom is 0.214 e. The van der Waals surface area contributed by atoms with Crippen molar-refractivity contribution >= 4 is 9.84 Å². The summed E-state index contributed by atoms with van der Waals surface area (Å²) in [6.07, 6.45) is 12.5. The predicted octanol–water partition coefficient (Wildman–Crippen LogP) is 6.96. The van der Waals surface area contributed by atoms with E-state index in [1.807, 2.05) is 25.1 Å². The van der Waals surface area contributed by atoms with Crippen LogP contribution in [0.25, 0.3) is 11.1 Å². The average molecular weight is 550 g/mol. The number of hydrogen-bond acceptors (Lipinski definition) is 5. The van der Waals surface area contributed by atoms with Gasteiger partial charge in [0.15, 0.2) is 9.84 Å². The highest BCUT2D eigenvalue weighted by Gasteiger charge is 2.59. The molecule has 5 nitrogen and oxygen atoms in total. The van der Waals surface area contributed by atoms with Crippen LogP contribution in [0, 0.1) is 28.6 Å². The first-order valence-corrected chi connectivity index (χ1v) is 16.7. The molecule has 3 fully saturated rings. The lowest BCUT2D eigenvalue weighted by molar-refractivity contribution is -0.0412. The van der Waals surface area contributed by atoms with E-state index < -0.39 is 9.84 Å². The van der Waals surface area contributed by atoms with Gasteiger partial charge in [-0.15, -0.1) is 0 Å². The first-order chi connectivity index (χ1) is 18.5. The molecule has 0 saturated heterocycles. The first kappa shape index (κ1) is 27.0. The zero-order chi connectivity index (χ0) is 27.6. The van der Waals surface area contributed by atoms with E-state index in [1.165, 1.54) is 31.1 Å². The fourth-order valence-electron chi connectivity index (χ4n) is 9.11. The minimum absolute atomic E-state index is 0.161. The van der Waals surface area contributed by atoms with Gasteiger partial charge in [0.2, 0.25) is 5.88 Å². The van der Waals surface area contributed by atoms with E-state index in [2.05, 4.69) is 26.0 Å². The number of pyridine rings is 1. The zero-order valence-electron chi connectivity index (χ0n) is 23.8. The van der Waals surface area contributed by atoms with Gasteiger partial charge in [-0.2, -0.15) is 0 Å². The number of sulfone groups is 1. The van der Waals surface area contributed by atoms with Crippen LogP contribution < -0.4 is 4.74 Å². The molecule has 2 aromatic rings. The van der Waals surface area contributed by atoms with Gasteiger partial charge in [-0.1, -0.05) is 37.6 Å². The number of aliphatic hydroxyl groups is 1. The van der Waals surface area contributed by atoms with E-state index in [-0.39, 0.29) is 16.9 Å². The zero-order valence-corrected chi connectivity index (χ0v) is 24.6. The van der Waals surface area contributed by atoms with Gasteiger partial charge in [0.05, 0.1) is 17.6 Å². The second kappa shape index (κ2) is 9.73. The number of aliphatic hydroxyl groups excluding tert-OH is 1. The maximum absolute atomic E-state index is 12.0. The van der Waals surface area contributed by atoms with Crippen molar-refractivity contribution in [3.8, 4) is 17.0 Å². The second-order valence-corrected chi connectivity index (χ2v) is 15.2. The molecule has 7 atom stereocenters. The van der Waals surface area contributed by atoms with Crippen LogP contribution in [0.5, 0.6) is 5.88 Å². The van der Waals surface area contributed by atoms with Gasteiger partial charge < -0.3 is 9.84 Å². The fraction of sp³-hybridized carbons (Fsp3) is 0.606. The molecule has 3 saturated carbocycles. The van der Waals surface area contributed by atoms with Crippen molar-refractivity contribution in [3.05, 3.63) is 53.7 Å². The Kier molecular flexibility index (Phi) is 6.74. The fourth-order valence-corrected chi connectivity index (χ4v) is 9.75. The highest BCUT2D eigenvalue weighted by molar-refractivity contribution is 7.90. The number of ether oxygens (including phenoxy) is 1. The van der Waals surface area contributed by atoms with E-state index in [1.54, 1.807) is 12.1 Å². The van der Waals surface area contributed by atoms with Crippen molar-refractivity contribution in [1.29, 1.82) is 0 Å². The molecule has 39 heavy (non-hydrogen) atoms. The number of nitrogens with zero attached hydrogens (tertiary/aromatic N) is 1. The summed E-state index contributed by atoms with van der Waals surface area (Å²) in [4.78, 5) is 5.39. The minimum atomic E-state index is -3.24. The van der Waals surface area contributed by atoms with E-state index >= 15 is 0 Å². The van der Waals surface area contributed by atoms with Crippen LogP contribution in [-0.4, -0.2) is 37.5 Å². The molecule has 0 unspecified atom stereocenters. The van der Waals surface area contributed by atoms with Crippen molar-refractivity contribution in [1.82, 2.24) is 4.98 Å². The number of aromatic nitrogens is 1. The van der Waals surface area contributed by atoms with Crippen molar-refractivity contribution in [2.45, 2.75) is 89.1 Å². The topological polar surface area (TPSA) is 76.5 Å². The monoisotopic (exact) mass is 549 g/mol. The molecule has 0 amide bonds. The molecule has 4 aliphatic carbocycles. The van der Waals surface area contributed by atoms with Gasteiger partial charge in [0, 0.05) is 23.9 Å². The van der Waals surface area contributed by atoms with E-state index in [9.17, 15) is 13.5 Å². The molecule has 0 radical (unpaired) electrons. The van der Waals surface area contributed by atoms with E-state index in [0.29, 0.717) is 41.1 Å². The molecule has 0 bridgehead atoms. The lowest BCUT2D eigenvalue weighted by atomic mass is 9.47. The average Bonchev–Trinajstić information content (AvgIpc) is 3.26. The Labute approximate surface area is 234 Å². The summed E-state index contributed by atoms with van der Waals surface area (Å²) in [6.45, 7) is 7.55. The molecule has 1 aromatic heterocycles. The van der Waals surface area contributed by atoms with Crippen LogP contribution in [0.3, 0.4) is 0 Å². The van der Waals surface area contributed by atoms with Gasteiger partial charge >= 0.3 is 0 Å². The summed E-state index contributed by atoms with van der Waals surface area (Å²) in [5.41, 5.74) is 5.10. The highest BCUT2D eigenvalue weighted by atomic mass is 32.2. The Morgan fingerprint density at radius 1 is 1.00 bits per heavy atom. The quantitative estimate of drug-likeness (QED) is 0.408. The van der Waals surface area contributed by atoms with E-state index in [4.69, 9.17) is 9.72 Å². The number of hydrogen-bond donors (Lipinski definition) is 1. The van der Waals surface area contributed by atoms with Gasteiger partial charge in [0.25, 0.3) is 0 Å². The molecule has 1 heterocycles. The van der Waals surface area contributed by atoms with Crippen molar-refractivity contribution < 1.29 is 18.3 Å². The van der Waals surface area contributed by atoms with Crippen molar-refractivity contribution in [2.24, 2.45) is 28.6 Å². The third-order valence-corrected chi connectivity index (χ3v) is 12.3. The van der Waals surface area contributed by atoms with Gasteiger partial charge in [-0.3, -0.25) is 0 Å². The summed E-state index contributed by atoms with van der Waals surface area (Å²) in [5, 5.41) is 10.3. The third-order valence-electron chi connectivity index (χ3n) is 11.2. The molecule has 6 rings (SSSR count). The van der Waals surface area contributed by atoms with Crippen LogP contribution in [-0.2, 0) is 9.84 Å². The molecule has 1 N–H and O–H groups in total. The van der Waals surface area contributed by atoms with E-state index in [0.717, 1.165) is 48.9 Å². The van der Waals surface area contributed by atoms with Crippen LogP contribution in [0.1, 0.15) is 83.7 Å². The summed E-state index contributed by atoms with van der Waals surface area (Å²) >= 11 is 0. The molecule has 6 heteroatoms. The van der Waals surface area contributed by atoms with Crippen molar-refractivity contribution in [3.63, 3.8) is 0 Å². The number of fused-ring (bicyclic) bond motifs is 5. The van der Waals surface area contributed by atoms with Gasteiger partial charge in [-0.25, -0.2) is 13.4 Å². The summed E-state index contributed by atoms with van der Waals surface area (Å²) in [6, 6.07) is 11.4. The minimum Gasteiger partial charge on any atom is -0.478 e. The lowest BCUT2D eigenvalue weighted by Gasteiger charge is -2.58. The molecule has 0 spiro atoms. The second-order valence-electron chi connectivity index (χ2n) is 13.2. The predicted molar refractivity (Wildman–Crippen MR) is 154 cm³/mol. The van der Waals surface area contributed by atoms with Crippen LogP contribution in [0.4, 0.5) is 0 Å². The summed E-state index contributed by atoms with van der Waals surface area (Å²) in [5.74, 6) is 3.13. The van der Waals surface area contributed by atoms with Crippen LogP contribution in [0.15, 0.2) is 52.9 Å². The lowest BCUT2D eigenvalue weighted by Crippen LogP contribution is -2.50. The SMILES string of the molecule is CCOc1cc(-c2ccc(S(C)(=O)=O)cc2)cc([C@H]2CC[C@H]3[C@@H]4CC=C5C[C@@H](O)CC[C@]5(C)[C@H]4CC[C@]23C)n1. The summed E-state index contributed by atoms with van der Waals surface area (Å²) < 4.78 is 29.9. The van der Waals surface area contributed by atoms with Crippen LogP contribution in [0.2, 0.25) is 0 Å². The highest BCUT2D eigenvalue weighted by Crippen LogP contribution is 2.68. The molecular weight excluding hydrogens is 506 g/mol. The number of allylic oxidation sites excluding steroid dienone is 1. The Morgan fingerprint density at radius 3 is 2.49 bits per heavy atom. The third kappa shape index (κ3) is 4.56. The summed E-state index contributed by atoms with van der Waals surface area (Å²) in [7, 11) is -3.24. The van der Waals surface area contributed by atoms with Gasteiger partial charge in [-0.05, 0) is 116 Å². The smallest absolute Gasteiger partial charge is 0.214 e. The molecule has 0 aliphatic heterocycles. The molecule has 210 valence electrons. The van der Waals surface area contributed by atoms with Gasteiger partial charge in [0.1, 0.15) is 0 Å². The molecular formula is C33H43NO4S. The normalized spacial score (nSPS) is 35.9. The largest absolute Gasteiger partial charge is 0.478 e. The molecule has 4 aliphatic rings. The Balaban J connectivity index is 1.33. The Bertz CT molecular complexity index is 1380. The Morgan fingerprint density at radius 2 is 1.77 bits per heavy atom. The van der Waals surface area contributed by atoms with Crippen LogP contribution >= 0.6 is 0 Å². The first-order valence-electron chi connectivity index (χ1n) is 14.9. The standard InChI is InChI=1S/C33H43NO4S/c1-5-38-31-19-22(21-6-9-25(10-7-21)39(4,36)37)18-30(34-31)29-13-12-27-26-11-8-23-20-24(35)14-16-32(23,2)28(26)15-17-33(27,29)3/h6-10,18-19,24,26-29,35H,5,11-17,20H2,1-4H3/t24-,26-,27-,28-,29+,32-,33-/m0/s1. The number of rotatable bonds is 5. The number of benzene rings is 1.